The van der Waals surface area contributed by atoms with E-state index in [1.54, 1.807) is 0 Å². The summed E-state index contributed by atoms with van der Waals surface area (Å²) in [6.07, 6.45) is 0. The zero-order valence-electron chi connectivity index (χ0n) is 6.80. The zero-order valence-corrected chi connectivity index (χ0v) is 7.62. The van der Waals surface area contributed by atoms with Crippen molar-refractivity contribution in [3.63, 3.8) is 0 Å². The molecule has 0 aliphatic heterocycles. The van der Waals surface area contributed by atoms with Crippen LogP contribution in [0.15, 0.2) is 0 Å². The summed E-state index contributed by atoms with van der Waals surface area (Å²) in [5, 5.41) is 0. The SMILES string of the molecule is CCOCCSCC(C)N. The Morgan fingerprint density at radius 2 is 2.30 bits per heavy atom. The molecule has 2 N–H and O–H groups in total. The smallest absolute Gasteiger partial charge is 0.0556 e. The van der Waals surface area contributed by atoms with Gasteiger partial charge in [-0.2, -0.15) is 11.8 Å². The summed E-state index contributed by atoms with van der Waals surface area (Å²) in [5.74, 6) is 2.10. The molecular formula is C7H17NOS. The van der Waals surface area contributed by atoms with Crippen LogP contribution < -0.4 is 5.73 Å². The van der Waals surface area contributed by atoms with Crippen LogP contribution in [0, 0.1) is 0 Å². The number of nitrogens with two attached hydrogens (primary N) is 1. The van der Waals surface area contributed by atoms with Crippen LogP contribution in [0.3, 0.4) is 0 Å². The number of ether oxygens (including phenoxy) is 1. The minimum Gasteiger partial charge on any atom is -0.381 e. The number of rotatable bonds is 6. The minimum absolute atomic E-state index is 0.312. The van der Waals surface area contributed by atoms with E-state index < -0.39 is 0 Å². The summed E-state index contributed by atoms with van der Waals surface area (Å²) in [4.78, 5) is 0. The van der Waals surface area contributed by atoms with Gasteiger partial charge in [-0.3, -0.25) is 0 Å². The van der Waals surface area contributed by atoms with Crippen molar-refractivity contribution < 1.29 is 4.74 Å². The van der Waals surface area contributed by atoms with Crippen LogP contribution in [0.1, 0.15) is 13.8 Å². The first-order valence-electron chi connectivity index (χ1n) is 3.68. The van der Waals surface area contributed by atoms with Gasteiger partial charge in [-0.15, -0.1) is 0 Å². The Bertz CT molecular complexity index is 68.6. The lowest BCUT2D eigenvalue weighted by atomic mass is 10.4. The van der Waals surface area contributed by atoms with E-state index in [0.29, 0.717) is 6.04 Å². The lowest BCUT2D eigenvalue weighted by Gasteiger charge is -2.03. The molecule has 0 saturated heterocycles. The van der Waals surface area contributed by atoms with Gasteiger partial charge in [0.15, 0.2) is 0 Å². The van der Waals surface area contributed by atoms with Crippen LogP contribution in [0.5, 0.6) is 0 Å². The predicted octanol–water partition coefficient (Wildman–Crippen LogP) is 1.10. The van der Waals surface area contributed by atoms with E-state index in [1.807, 2.05) is 25.6 Å². The first-order valence-corrected chi connectivity index (χ1v) is 4.84. The van der Waals surface area contributed by atoms with Crippen LogP contribution in [0.2, 0.25) is 0 Å². The third-order valence-electron chi connectivity index (χ3n) is 0.957. The highest BCUT2D eigenvalue weighted by molar-refractivity contribution is 7.99. The average molecular weight is 163 g/mol. The van der Waals surface area contributed by atoms with Gasteiger partial charge in [0.25, 0.3) is 0 Å². The van der Waals surface area contributed by atoms with E-state index in [0.717, 1.165) is 24.7 Å². The molecule has 0 aromatic heterocycles. The molecule has 0 spiro atoms. The summed E-state index contributed by atoms with van der Waals surface area (Å²) < 4.78 is 5.15. The molecule has 3 heteroatoms. The molecule has 0 fully saturated rings. The fraction of sp³-hybridized carbons (Fsp3) is 1.00. The standard InChI is InChI=1S/C7H17NOS/c1-3-9-4-5-10-6-7(2)8/h7H,3-6,8H2,1-2H3. The van der Waals surface area contributed by atoms with E-state index in [-0.39, 0.29) is 0 Å². The molecule has 0 rings (SSSR count). The molecule has 0 aliphatic rings. The molecule has 1 atom stereocenters. The van der Waals surface area contributed by atoms with Crippen LogP contribution in [-0.2, 0) is 4.74 Å². The van der Waals surface area contributed by atoms with Crippen LogP contribution in [-0.4, -0.2) is 30.8 Å². The topological polar surface area (TPSA) is 35.2 Å². The quantitative estimate of drug-likeness (QED) is 0.596. The number of hydrogen-bond acceptors (Lipinski definition) is 3. The highest BCUT2D eigenvalue weighted by atomic mass is 32.2. The van der Waals surface area contributed by atoms with Crippen molar-refractivity contribution in [1.82, 2.24) is 0 Å². The lowest BCUT2D eigenvalue weighted by Crippen LogP contribution is -2.18. The second-order valence-corrected chi connectivity index (χ2v) is 3.40. The van der Waals surface area contributed by atoms with Crippen molar-refractivity contribution in [3.8, 4) is 0 Å². The molecule has 0 aromatic carbocycles. The van der Waals surface area contributed by atoms with Crippen LogP contribution in [0.4, 0.5) is 0 Å². The molecule has 0 heterocycles. The largest absolute Gasteiger partial charge is 0.381 e. The molecule has 0 amide bonds. The Kier molecular flexibility index (Phi) is 7.58. The molecule has 0 radical (unpaired) electrons. The highest BCUT2D eigenvalue weighted by Gasteiger charge is 1.92. The van der Waals surface area contributed by atoms with Crippen LogP contribution >= 0.6 is 11.8 Å². The van der Waals surface area contributed by atoms with E-state index in [9.17, 15) is 0 Å². The van der Waals surface area contributed by atoms with Crippen LogP contribution in [0.25, 0.3) is 0 Å². The Hall–Kier alpha value is 0.270. The summed E-state index contributed by atoms with van der Waals surface area (Å²) in [7, 11) is 0. The first kappa shape index (κ1) is 10.3. The molecular weight excluding hydrogens is 146 g/mol. The summed E-state index contributed by atoms with van der Waals surface area (Å²) >= 11 is 1.85. The van der Waals surface area contributed by atoms with Gasteiger partial charge in [0, 0.05) is 24.2 Å². The third-order valence-corrected chi connectivity index (χ3v) is 2.17. The average Bonchev–Trinajstić information content (AvgIpc) is 1.87. The summed E-state index contributed by atoms with van der Waals surface area (Å²) in [6, 6.07) is 0.312. The minimum atomic E-state index is 0.312. The maximum atomic E-state index is 5.55. The van der Waals surface area contributed by atoms with Gasteiger partial charge in [-0.1, -0.05) is 0 Å². The Labute approximate surface area is 67.5 Å². The third kappa shape index (κ3) is 8.27. The van der Waals surface area contributed by atoms with E-state index >= 15 is 0 Å². The molecule has 1 unspecified atom stereocenters. The van der Waals surface area contributed by atoms with E-state index in [4.69, 9.17) is 10.5 Å². The van der Waals surface area contributed by atoms with E-state index in [1.165, 1.54) is 0 Å². The van der Waals surface area contributed by atoms with Crippen molar-refractivity contribution in [3.05, 3.63) is 0 Å². The second-order valence-electron chi connectivity index (χ2n) is 2.25. The monoisotopic (exact) mass is 163 g/mol. The fourth-order valence-corrected chi connectivity index (χ4v) is 1.31. The second kappa shape index (κ2) is 7.38. The van der Waals surface area contributed by atoms with Gasteiger partial charge in [0.2, 0.25) is 0 Å². The maximum absolute atomic E-state index is 5.55. The summed E-state index contributed by atoms with van der Waals surface area (Å²) in [5.41, 5.74) is 5.55. The highest BCUT2D eigenvalue weighted by Crippen LogP contribution is 2.00. The zero-order chi connectivity index (χ0) is 7.82. The Morgan fingerprint density at radius 1 is 1.60 bits per heavy atom. The molecule has 0 saturated carbocycles. The molecule has 0 aliphatic carbocycles. The molecule has 2 nitrogen and oxygen atoms in total. The predicted molar refractivity (Wildman–Crippen MR) is 47.5 cm³/mol. The van der Waals surface area contributed by atoms with Crippen molar-refractivity contribution in [2.45, 2.75) is 19.9 Å². The molecule has 10 heavy (non-hydrogen) atoms. The molecule has 0 aromatic rings. The van der Waals surface area contributed by atoms with Gasteiger partial charge in [0.1, 0.15) is 0 Å². The van der Waals surface area contributed by atoms with Gasteiger partial charge >= 0.3 is 0 Å². The van der Waals surface area contributed by atoms with Crippen molar-refractivity contribution in [1.29, 1.82) is 0 Å². The molecule has 0 bridgehead atoms. The van der Waals surface area contributed by atoms with Crippen molar-refractivity contribution in [2.24, 2.45) is 5.73 Å². The van der Waals surface area contributed by atoms with Gasteiger partial charge in [0.05, 0.1) is 6.61 Å². The normalized spacial score (nSPS) is 13.5. The van der Waals surface area contributed by atoms with Crippen molar-refractivity contribution in [2.75, 3.05) is 24.7 Å². The molecule has 62 valence electrons. The Balaban J connectivity index is 2.77. The fourth-order valence-electron chi connectivity index (χ4n) is 0.531. The lowest BCUT2D eigenvalue weighted by molar-refractivity contribution is 0.164. The number of hydrogen-bond donors (Lipinski definition) is 1. The van der Waals surface area contributed by atoms with Gasteiger partial charge in [-0.25, -0.2) is 0 Å². The Morgan fingerprint density at radius 3 is 2.80 bits per heavy atom. The van der Waals surface area contributed by atoms with Crippen molar-refractivity contribution >= 4 is 11.8 Å². The van der Waals surface area contributed by atoms with Gasteiger partial charge in [-0.05, 0) is 13.8 Å². The summed E-state index contributed by atoms with van der Waals surface area (Å²) in [6.45, 7) is 5.70. The number of thioether (sulfide) groups is 1. The van der Waals surface area contributed by atoms with Gasteiger partial charge < -0.3 is 10.5 Å². The van der Waals surface area contributed by atoms with E-state index in [2.05, 4.69) is 0 Å². The first-order chi connectivity index (χ1) is 4.77. The maximum Gasteiger partial charge on any atom is 0.0556 e.